The molecule has 160 valence electrons. The molecule has 3 heteroatoms. The first-order valence-corrected chi connectivity index (χ1v) is 19.6. The molecular weight excluding hydrogens is 461 g/mol. The van der Waals surface area contributed by atoms with Gasteiger partial charge in [0.05, 0.1) is 0 Å². The first-order valence-electron chi connectivity index (χ1n) is 12.1. The molecule has 0 radical (unpaired) electrons. The van der Waals surface area contributed by atoms with Gasteiger partial charge in [-0.05, 0) is 0 Å². The van der Waals surface area contributed by atoms with E-state index >= 15 is 0 Å². The Morgan fingerprint density at radius 2 is 1.52 bits per heavy atom. The van der Waals surface area contributed by atoms with Crippen LogP contribution in [-0.4, -0.2) is 29.8 Å². The maximum atomic E-state index is 6.73. The third kappa shape index (κ3) is 6.13. The summed E-state index contributed by atoms with van der Waals surface area (Å²) < 4.78 is 12.7. The third-order valence-corrected chi connectivity index (χ3v) is 21.7. The molecule has 1 aromatic heterocycles. The molecule has 0 unspecified atom stereocenters. The minimum atomic E-state index is -2.44. The molecule has 0 spiro atoms. The van der Waals surface area contributed by atoms with Gasteiger partial charge in [0.25, 0.3) is 0 Å². The Hall–Kier alpha value is -0.741. The van der Waals surface area contributed by atoms with E-state index in [9.17, 15) is 0 Å². The van der Waals surface area contributed by atoms with E-state index in [0.29, 0.717) is 0 Å². The van der Waals surface area contributed by atoms with Crippen LogP contribution < -0.4 is 3.78 Å². The third-order valence-electron chi connectivity index (χ3n) is 6.74. The van der Waals surface area contributed by atoms with Crippen molar-refractivity contribution in [3.8, 4) is 0 Å². The molecule has 0 amide bonds. The summed E-state index contributed by atoms with van der Waals surface area (Å²) in [5.74, 6) is 1.31. The van der Waals surface area contributed by atoms with Crippen molar-refractivity contribution in [1.82, 2.24) is 4.90 Å². The van der Waals surface area contributed by atoms with Crippen LogP contribution in [0.15, 0.2) is 40.8 Å². The van der Waals surface area contributed by atoms with Crippen molar-refractivity contribution in [3.63, 3.8) is 0 Å². The molecule has 2 heterocycles. The average Bonchev–Trinajstić information content (AvgIpc) is 3.18. The van der Waals surface area contributed by atoms with Crippen LogP contribution in [-0.2, 0) is 19.5 Å². The summed E-state index contributed by atoms with van der Waals surface area (Å²) in [6.45, 7) is 10.3. The molecule has 2 aromatic rings. The van der Waals surface area contributed by atoms with Crippen LogP contribution in [0.5, 0.6) is 0 Å². The van der Waals surface area contributed by atoms with Gasteiger partial charge in [-0.2, -0.15) is 0 Å². The van der Waals surface area contributed by atoms with Gasteiger partial charge in [-0.25, -0.2) is 0 Å². The van der Waals surface area contributed by atoms with E-state index in [1.807, 2.05) is 0 Å². The van der Waals surface area contributed by atoms with Gasteiger partial charge in [0.15, 0.2) is 0 Å². The van der Waals surface area contributed by atoms with Crippen molar-refractivity contribution in [2.24, 2.45) is 0 Å². The molecule has 1 aliphatic rings. The second kappa shape index (κ2) is 11.6. The number of hydrogen-bond donors (Lipinski definition) is 0. The maximum absolute atomic E-state index is 6.73. The molecular formula is C26H41NOSn. The topological polar surface area (TPSA) is 16.4 Å². The second-order valence-corrected chi connectivity index (χ2v) is 22.1. The summed E-state index contributed by atoms with van der Waals surface area (Å²) in [5, 5.41) is 0. The Labute approximate surface area is 182 Å². The number of furan rings is 1. The van der Waals surface area contributed by atoms with E-state index in [1.165, 1.54) is 72.5 Å². The van der Waals surface area contributed by atoms with Crippen LogP contribution in [0.2, 0.25) is 13.3 Å². The Bertz CT molecular complexity index is 702. The Morgan fingerprint density at radius 3 is 2.10 bits per heavy atom. The molecule has 3 rings (SSSR count). The summed E-state index contributed by atoms with van der Waals surface area (Å²) >= 11 is -2.44. The van der Waals surface area contributed by atoms with Gasteiger partial charge in [0.2, 0.25) is 0 Å². The van der Waals surface area contributed by atoms with E-state index < -0.39 is 18.4 Å². The van der Waals surface area contributed by atoms with Gasteiger partial charge in [0.1, 0.15) is 0 Å². The molecule has 0 atom stereocenters. The molecule has 0 fully saturated rings. The summed E-state index contributed by atoms with van der Waals surface area (Å²) in [5.41, 5.74) is 2.91. The predicted molar refractivity (Wildman–Crippen MR) is 128 cm³/mol. The zero-order valence-electron chi connectivity index (χ0n) is 19.0. The standard InChI is InChI=1S/C14H14NO.3C4H9.Sn/c1-2-4-12(5-3-1)10-15-8-6-14-13(11-15)7-9-16-14;3*1-3-4-2;/h1-5,7H,6,8,10-11H2;3*1,3-4H2,2H3;. The molecule has 0 aliphatic carbocycles. The van der Waals surface area contributed by atoms with Crippen molar-refractivity contribution in [2.45, 2.75) is 92.1 Å². The second-order valence-electron chi connectivity index (χ2n) is 9.10. The number of nitrogens with zero attached hydrogens (tertiary/aromatic N) is 1. The van der Waals surface area contributed by atoms with Crippen LogP contribution >= 0.6 is 0 Å². The molecule has 0 saturated heterocycles. The van der Waals surface area contributed by atoms with E-state index in [0.717, 1.165) is 26.1 Å². The van der Waals surface area contributed by atoms with Crippen LogP contribution in [0.1, 0.15) is 76.2 Å². The molecule has 0 saturated carbocycles. The van der Waals surface area contributed by atoms with Crippen molar-refractivity contribution >= 4 is 22.2 Å². The number of rotatable bonds is 12. The summed E-state index contributed by atoms with van der Waals surface area (Å²) in [4.78, 5) is 2.60. The SMILES string of the molecule is CCC[CH2][Sn]([CH2]CCC)([CH2]CCC)[c]1cc2c(o1)CCN(Cc1ccccc1)C2. The Kier molecular flexibility index (Phi) is 9.17. The van der Waals surface area contributed by atoms with Crippen LogP contribution in [0.25, 0.3) is 0 Å². The van der Waals surface area contributed by atoms with Gasteiger partial charge in [-0.3, -0.25) is 0 Å². The number of unbranched alkanes of at least 4 members (excludes halogenated alkanes) is 3. The minimum absolute atomic E-state index is 1.05. The molecule has 29 heavy (non-hydrogen) atoms. The van der Waals surface area contributed by atoms with Crippen molar-refractivity contribution in [2.75, 3.05) is 6.54 Å². The zero-order valence-corrected chi connectivity index (χ0v) is 21.9. The van der Waals surface area contributed by atoms with Crippen LogP contribution in [0, 0.1) is 0 Å². The monoisotopic (exact) mass is 503 g/mol. The van der Waals surface area contributed by atoms with E-state index in [1.54, 1.807) is 0 Å². The van der Waals surface area contributed by atoms with Gasteiger partial charge in [-0.15, -0.1) is 0 Å². The number of benzene rings is 1. The number of hydrogen-bond acceptors (Lipinski definition) is 2. The molecule has 2 nitrogen and oxygen atoms in total. The fourth-order valence-corrected chi connectivity index (χ4v) is 20.3. The van der Waals surface area contributed by atoms with Gasteiger partial charge < -0.3 is 0 Å². The van der Waals surface area contributed by atoms with Crippen molar-refractivity contribution in [1.29, 1.82) is 0 Å². The van der Waals surface area contributed by atoms with Crippen LogP contribution in [0.3, 0.4) is 0 Å². The molecule has 1 aromatic carbocycles. The Balaban J connectivity index is 1.79. The van der Waals surface area contributed by atoms with Crippen molar-refractivity contribution in [3.05, 3.63) is 53.3 Å². The van der Waals surface area contributed by atoms with Gasteiger partial charge >= 0.3 is 183 Å². The summed E-state index contributed by atoms with van der Waals surface area (Å²) in [7, 11) is 0. The molecule has 1 aliphatic heterocycles. The van der Waals surface area contributed by atoms with Gasteiger partial charge in [0, 0.05) is 0 Å². The summed E-state index contributed by atoms with van der Waals surface area (Å²) in [6.07, 6.45) is 9.24. The first-order chi connectivity index (χ1) is 14.2. The quantitative estimate of drug-likeness (QED) is 0.294. The fourth-order valence-electron chi connectivity index (χ4n) is 4.92. The van der Waals surface area contributed by atoms with E-state index in [-0.39, 0.29) is 0 Å². The number of fused-ring (bicyclic) bond motifs is 1. The van der Waals surface area contributed by atoms with Crippen LogP contribution in [0.4, 0.5) is 0 Å². The van der Waals surface area contributed by atoms with Crippen molar-refractivity contribution < 1.29 is 4.42 Å². The molecule has 0 N–H and O–H groups in total. The fraction of sp³-hybridized carbons (Fsp3) is 0.615. The predicted octanol–water partition coefficient (Wildman–Crippen LogP) is 6.89. The first kappa shape index (κ1) is 22.9. The zero-order chi connectivity index (χ0) is 20.5. The van der Waals surface area contributed by atoms with E-state index in [4.69, 9.17) is 4.42 Å². The van der Waals surface area contributed by atoms with E-state index in [2.05, 4.69) is 62.1 Å². The van der Waals surface area contributed by atoms with Gasteiger partial charge in [-0.1, -0.05) is 0 Å². The average molecular weight is 502 g/mol. The Morgan fingerprint density at radius 1 is 0.897 bits per heavy atom. The summed E-state index contributed by atoms with van der Waals surface area (Å²) in [6, 6.07) is 13.5. The normalized spacial score (nSPS) is 14.9. The molecule has 0 bridgehead atoms.